The maximum atomic E-state index is 12.9. The standard InChI is InChI=1S/C15H13Cl2NO4S/c1-2-18(11-4-6-13-14(8-11)22-9-21-13)23(19,20)15-7-10(16)3-5-12(15)17/h3-8H,2,9H2,1H3. The second-order valence-electron chi connectivity index (χ2n) is 4.78. The fraction of sp³-hybridized carbons (Fsp3) is 0.200. The zero-order valence-corrected chi connectivity index (χ0v) is 14.5. The molecule has 23 heavy (non-hydrogen) atoms. The number of halogens is 2. The van der Waals surface area contributed by atoms with E-state index in [2.05, 4.69) is 0 Å². The van der Waals surface area contributed by atoms with Crippen LogP contribution in [0.25, 0.3) is 0 Å². The van der Waals surface area contributed by atoms with E-state index in [0.717, 1.165) is 0 Å². The SMILES string of the molecule is CCN(c1ccc2c(c1)OCO2)S(=O)(=O)c1cc(Cl)ccc1Cl. The molecule has 0 radical (unpaired) electrons. The molecule has 0 atom stereocenters. The first kappa shape index (κ1) is 16.2. The molecule has 0 N–H and O–H groups in total. The summed E-state index contributed by atoms with van der Waals surface area (Å²) in [6.07, 6.45) is 0. The van der Waals surface area contributed by atoms with Crippen LogP contribution in [0.15, 0.2) is 41.3 Å². The lowest BCUT2D eigenvalue weighted by atomic mass is 10.3. The van der Waals surface area contributed by atoms with Gasteiger partial charge in [-0.05, 0) is 37.3 Å². The van der Waals surface area contributed by atoms with Crippen molar-refractivity contribution in [3.63, 3.8) is 0 Å². The molecule has 5 nitrogen and oxygen atoms in total. The van der Waals surface area contributed by atoms with Gasteiger partial charge in [0, 0.05) is 17.6 Å². The minimum absolute atomic E-state index is 0.0359. The Hall–Kier alpha value is -1.63. The molecule has 0 saturated carbocycles. The summed E-state index contributed by atoms with van der Waals surface area (Å²) >= 11 is 12.0. The second kappa shape index (κ2) is 6.11. The molecule has 0 spiro atoms. The molecule has 122 valence electrons. The van der Waals surface area contributed by atoms with Crippen LogP contribution in [-0.2, 0) is 10.0 Å². The summed E-state index contributed by atoms with van der Waals surface area (Å²) in [4.78, 5) is -0.0359. The van der Waals surface area contributed by atoms with E-state index in [-0.39, 0.29) is 23.3 Å². The third kappa shape index (κ3) is 2.94. The molecule has 8 heteroatoms. The predicted octanol–water partition coefficient (Wildman–Crippen LogP) is 3.94. The fourth-order valence-corrected chi connectivity index (χ4v) is 4.53. The molecule has 0 aliphatic carbocycles. The van der Waals surface area contributed by atoms with E-state index < -0.39 is 10.0 Å². The number of benzene rings is 2. The summed E-state index contributed by atoms with van der Waals surface area (Å²) in [6.45, 7) is 2.09. The van der Waals surface area contributed by atoms with Crippen LogP contribution in [0.2, 0.25) is 10.0 Å². The second-order valence-corrected chi connectivity index (χ2v) is 7.46. The Morgan fingerprint density at radius 1 is 1.09 bits per heavy atom. The van der Waals surface area contributed by atoms with Crippen molar-refractivity contribution >= 4 is 38.9 Å². The van der Waals surface area contributed by atoms with Gasteiger partial charge in [0.25, 0.3) is 10.0 Å². The van der Waals surface area contributed by atoms with Crippen LogP contribution in [-0.4, -0.2) is 21.8 Å². The summed E-state index contributed by atoms with van der Waals surface area (Å²) < 4.78 is 37.7. The third-order valence-corrected chi connectivity index (χ3v) is 6.01. The molecule has 0 fully saturated rings. The van der Waals surface area contributed by atoms with E-state index in [1.54, 1.807) is 31.2 Å². The Morgan fingerprint density at radius 2 is 1.83 bits per heavy atom. The largest absolute Gasteiger partial charge is 0.454 e. The van der Waals surface area contributed by atoms with Crippen molar-refractivity contribution in [2.24, 2.45) is 0 Å². The molecule has 1 aliphatic heterocycles. The molecule has 0 amide bonds. The summed E-state index contributed by atoms with van der Waals surface area (Å²) in [5.41, 5.74) is 0.466. The number of ether oxygens (including phenoxy) is 2. The van der Waals surface area contributed by atoms with E-state index in [9.17, 15) is 8.42 Å². The van der Waals surface area contributed by atoms with Gasteiger partial charge < -0.3 is 9.47 Å². The van der Waals surface area contributed by atoms with Gasteiger partial charge in [-0.2, -0.15) is 0 Å². The highest BCUT2D eigenvalue weighted by molar-refractivity contribution is 7.93. The molecule has 0 bridgehead atoms. The van der Waals surface area contributed by atoms with Crippen LogP contribution in [0.5, 0.6) is 11.5 Å². The average molecular weight is 374 g/mol. The normalized spacial score (nSPS) is 13.2. The summed E-state index contributed by atoms with van der Waals surface area (Å²) in [6, 6.07) is 9.31. The topological polar surface area (TPSA) is 55.8 Å². The van der Waals surface area contributed by atoms with Crippen molar-refractivity contribution in [3.8, 4) is 11.5 Å². The van der Waals surface area contributed by atoms with Crippen molar-refractivity contribution < 1.29 is 17.9 Å². The number of rotatable bonds is 4. The van der Waals surface area contributed by atoms with Gasteiger partial charge in [-0.15, -0.1) is 0 Å². The minimum atomic E-state index is -3.85. The smallest absolute Gasteiger partial charge is 0.265 e. The monoisotopic (exact) mass is 373 g/mol. The van der Waals surface area contributed by atoms with Crippen LogP contribution in [0.4, 0.5) is 5.69 Å². The van der Waals surface area contributed by atoms with Crippen LogP contribution in [0.3, 0.4) is 0 Å². The lowest BCUT2D eigenvalue weighted by Crippen LogP contribution is -2.31. The zero-order valence-electron chi connectivity index (χ0n) is 12.1. The van der Waals surface area contributed by atoms with Crippen LogP contribution < -0.4 is 13.8 Å². The lowest BCUT2D eigenvalue weighted by molar-refractivity contribution is 0.174. The molecular formula is C15H13Cl2NO4S. The highest BCUT2D eigenvalue weighted by Crippen LogP contribution is 2.37. The van der Waals surface area contributed by atoms with Crippen LogP contribution >= 0.6 is 23.2 Å². The van der Waals surface area contributed by atoms with Gasteiger partial charge in [0.15, 0.2) is 11.5 Å². The quantitative estimate of drug-likeness (QED) is 0.814. The molecule has 3 rings (SSSR count). The highest BCUT2D eigenvalue weighted by Gasteiger charge is 2.27. The summed E-state index contributed by atoms with van der Waals surface area (Å²) in [5.74, 6) is 1.09. The molecule has 1 heterocycles. The maximum absolute atomic E-state index is 12.9. The van der Waals surface area contributed by atoms with E-state index in [4.69, 9.17) is 32.7 Å². The number of fused-ring (bicyclic) bond motifs is 1. The first-order valence-corrected chi connectivity index (χ1v) is 9.00. The van der Waals surface area contributed by atoms with Crippen molar-refractivity contribution in [3.05, 3.63) is 46.4 Å². The van der Waals surface area contributed by atoms with E-state index in [1.807, 2.05) is 0 Å². The van der Waals surface area contributed by atoms with Crippen molar-refractivity contribution in [1.82, 2.24) is 0 Å². The third-order valence-electron chi connectivity index (χ3n) is 3.39. The predicted molar refractivity (Wildman–Crippen MR) is 89.2 cm³/mol. The number of nitrogens with zero attached hydrogens (tertiary/aromatic N) is 1. The summed E-state index contributed by atoms with van der Waals surface area (Å²) in [7, 11) is -3.85. The van der Waals surface area contributed by atoms with Gasteiger partial charge in [0.2, 0.25) is 6.79 Å². The van der Waals surface area contributed by atoms with E-state index >= 15 is 0 Å². The maximum Gasteiger partial charge on any atom is 0.265 e. The number of anilines is 1. The first-order valence-electron chi connectivity index (χ1n) is 6.81. The minimum Gasteiger partial charge on any atom is -0.454 e. The Bertz CT molecular complexity index is 855. The van der Waals surface area contributed by atoms with Gasteiger partial charge in [-0.1, -0.05) is 23.2 Å². The highest BCUT2D eigenvalue weighted by atomic mass is 35.5. The molecule has 0 saturated heterocycles. The Labute approximate surface area is 144 Å². The Balaban J connectivity index is 2.07. The van der Waals surface area contributed by atoms with Gasteiger partial charge in [0.05, 0.1) is 10.7 Å². The molecule has 0 unspecified atom stereocenters. The van der Waals surface area contributed by atoms with Gasteiger partial charge >= 0.3 is 0 Å². The number of sulfonamides is 1. The summed E-state index contributed by atoms with van der Waals surface area (Å²) in [5, 5.41) is 0.420. The van der Waals surface area contributed by atoms with Gasteiger partial charge in [-0.25, -0.2) is 8.42 Å². The lowest BCUT2D eigenvalue weighted by Gasteiger charge is -2.23. The average Bonchev–Trinajstić information content (AvgIpc) is 2.97. The fourth-order valence-electron chi connectivity index (χ4n) is 2.33. The van der Waals surface area contributed by atoms with Crippen LogP contribution in [0, 0.1) is 0 Å². The van der Waals surface area contributed by atoms with Gasteiger partial charge in [0.1, 0.15) is 4.90 Å². The Kier molecular flexibility index (Phi) is 4.31. The van der Waals surface area contributed by atoms with E-state index in [0.29, 0.717) is 22.2 Å². The van der Waals surface area contributed by atoms with Crippen molar-refractivity contribution in [2.45, 2.75) is 11.8 Å². The van der Waals surface area contributed by atoms with Crippen LogP contribution in [0.1, 0.15) is 6.92 Å². The Morgan fingerprint density at radius 3 is 2.57 bits per heavy atom. The molecule has 2 aromatic carbocycles. The molecule has 2 aromatic rings. The van der Waals surface area contributed by atoms with Gasteiger partial charge in [-0.3, -0.25) is 4.31 Å². The first-order chi connectivity index (χ1) is 10.9. The molecule has 1 aliphatic rings. The van der Waals surface area contributed by atoms with Crippen molar-refractivity contribution in [1.29, 1.82) is 0 Å². The zero-order chi connectivity index (χ0) is 16.6. The van der Waals surface area contributed by atoms with E-state index in [1.165, 1.54) is 16.4 Å². The van der Waals surface area contributed by atoms with Crippen molar-refractivity contribution in [2.75, 3.05) is 17.6 Å². The molecular weight excluding hydrogens is 361 g/mol. The molecule has 0 aromatic heterocycles. The number of hydrogen-bond donors (Lipinski definition) is 0. The number of hydrogen-bond acceptors (Lipinski definition) is 4.